The third-order valence-electron chi connectivity index (χ3n) is 5.22. The minimum Gasteiger partial charge on any atom is -0.374 e. The molecule has 27 heavy (non-hydrogen) atoms. The zero-order chi connectivity index (χ0) is 19.6. The number of morpholine rings is 1. The van der Waals surface area contributed by atoms with Gasteiger partial charge < -0.3 is 10.1 Å². The van der Waals surface area contributed by atoms with E-state index in [4.69, 9.17) is 16.3 Å². The van der Waals surface area contributed by atoms with Gasteiger partial charge in [-0.3, -0.25) is 4.90 Å². The van der Waals surface area contributed by atoms with Gasteiger partial charge in [0.05, 0.1) is 36.0 Å². The Balaban J connectivity index is 1.54. The van der Waals surface area contributed by atoms with E-state index in [1.165, 1.54) is 0 Å². The molecule has 3 heterocycles. The first kappa shape index (κ1) is 21.0. The van der Waals surface area contributed by atoms with E-state index in [-0.39, 0.29) is 23.7 Å². The van der Waals surface area contributed by atoms with E-state index in [9.17, 15) is 8.42 Å². The van der Waals surface area contributed by atoms with Crippen LogP contribution in [-0.2, 0) is 21.1 Å². The van der Waals surface area contributed by atoms with Gasteiger partial charge in [0.2, 0.25) is 0 Å². The van der Waals surface area contributed by atoms with Gasteiger partial charge in [-0.25, -0.2) is 13.1 Å². The van der Waals surface area contributed by atoms with E-state index in [2.05, 4.69) is 29.2 Å². The average Bonchev–Trinajstić information content (AvgIpc) is 3.08. The molecule has 1 aromatic rings. The monoisotopic (exact) mass is 418 g/mol. The van der Waals surface area contributed by atoms with E-state index >= 15 is 0 Å². The molecule has 0 bridgehead atoms. The molecule has 2 aliphatic heterocycles. The van der Waals surface area contributed by atoms with Crippen molar-refractivity contribution >= 4 is 21.4 Å². The molecule has 2 saturated heterocycles. The first-order chi connectivity index (χ1) is 12.7. The van der Waals surface area contributed by atoms with Crippen molar-refractivity contribution in [2.75, 3.05) is 44.3 Å². The molecular weight excluding hydrogens is 388 g/mol. The van der Waals surface area contributed by atoms with Crippen LogP contribution in [0.4, 0.5) is 0 Å². The zero-order valence-electron chi connectivity index (χ0n) is 16.4. The smallest absolute Gasteiger partial charge is 0.152 e. The van der Waals surface area contributed by atoms with Gasteiger partial charge in [0.15, 0.2) is 9.84 Å². The summed E-state index contributed by atoms with van der Waals surface area (Å²) in [5.74, 6) is 0.998. The highest BCUT2D eigenvalue weighted by atomic mass is 35.5. The number of nitrogens with one attached hydrogen (secondary N) is 1. The van der Waals surface area contributed by atoms with E-state index < -0.39 is 9.84 Å². The summed E-state index contributed by atoms with van der Waals surface area (Å²) in [6.07, 6.45) is 0.754. The summed E-state index contributed by atoms with van der Waals surface area (Å²) >= 11 is 6.53. The molecule has 0 unspecified atom stereocenters. The van der Waals surface area contributed by atoms with Crippen molar-refractivity contribution in [2.45, 2.75) is 45.9 Å². The van der Waals surface area contributed by atoms with Crippen molar-refractivity contribution in [3.05, 3.63) is 16.4 Å². The Morgan fingerprint density at radius 2 is 2.19 bits per heavy atom. The van der Waals surface area contributed by atoms with Crippen LogP contribution in [0.1, 0.15) is 37.6 Å². The number of aryl methyl sites for hydroxylation is 1. The molecule has 3 rings (SSSR count). The normalized spacial score (nSPS) is 26.1. The zero-order valence-corrected chi connectivity index (χ0v) is 18.0. The molecule has 9 heteroatoms. The number of sulfone groups is 1. The number of ether oxygens (including phenoxy) is 1. The third kappa shape index (κ3) is 5.44. The summed E-state index contributed by atoms with van der Waals surface area (Å²) in [6.45, 7) is 11.6. The van der Waals surface area contributed by atoms with E-state index in [0.717, 1.165) is 44.0 Å². The molecule has 2 aliphatic rings. The maximum atomic E-state index is 11.7. The summed E-state index contributed by atoms with van der Waals surface area (Å²) in [6, 6.07) is -0.152. The Morgan fingerprint density at radius 3 is 2.85 bits per heavy atom. The summed E-state index contributed by atoms with van der Waals surface area (Å²) in [5, 5.41) is 8.50. The Hall–Kier alpha value is -0.670. The number of hydrogen-bond acceptors (Lipinski definition) is 6. The predicted octanol–water partition coefficient (Wildman–Crippen LogP) is 1.65. The largest absolute Gasteiger partial charge is 0.374 e. The quantitative estimate of drug-likeness (QED) is 0.725. The first-order valence-electron chi connectivity index (χ1n) is 9.73. The van der Waals surface area contributed by atoms with Crippen molar-refractivity contribution in [2.24, 2.45) is 5.92 Å². The molecule has 0 amide bonds. The first-order valence-corrected chi connectivity index (χ1v) is 11.9. The SMILES string of the molecule is Cc1nn([C@@H]2CCS(=O)(=O)C2)c(Cl)c1CNC[C@@H]1CN(CC(C)C)CCO1. The number of rotatable bonds is 7. The Labute approximate surface area is 167 Å². The van der Waals surface area contributed by atoms with Crippen molar-refractivity contribution in [3.63, 3.8) is 0 Å². The molecule has 2 fully saturated rings. The van der Waals surface area contributed by atoms with Crippen LogP contribution in [0.2, 0.25) is 5.15 Å². The van der Waals surface area contributed by atoms with E-state index in [0.29, 0.717) is 24.0 Å². The maximum absolute atomic E-state index is 11.7. The Kier molecular flexibility index (Phi) is 6.84. The Morgan fingerprint density at radius 1 is 1.41 bits per heavy atom. The van der Waals surface area contributed by atoms with Gasteiger partial charge in [-0.2, -0.15) is 5.10 Å². The minimum atomic E-state index is -2.97. The van der Waals surface area contributed by atoms with Crippen LogP contribution in [0.15, 0.2) is 0 Å². The summed E-state index contributed by atoms with van der Waals surface area (Å²) in [4.78, 5) is 2.46. The van der Waals surface area contributed by atoms with Gasteiger partial charge >= 0.3 is 0 Å². The molecule has 0 radical (unpaired) electrons. The fourth-order valence-corrected chi connectivity index (χ4v) is 5.98. The van der Waals surface area contributed by atoms with Crippen LogP contribution >= 0.6 is 11.6 Å². The fraction of sp³-hybridized carbons (Fsp3) is 0.833. The molecule has 1 N–H and O–H groups in total. The fourth-order valence-electron chi connectivity index (χ4n) is 3.91. The number of hydrogen-bond donors (Lipinski definition) is 1. The van der Waals surface area contributed by atoms with Crippen molar-refractivity contribution in [1.29, 1.82) is 0 Å². The second-order valence-corrected chi connectivity index (χ2v) is 10.7. The third-order valence-corrected chi connectivity index (χ3v) is 7.37. The van der Waals surface area contributed by atoms with Crippen LogP contribution in [0.5, 0.6) is 0 Å². The molecule has 0 aromatic carbocycles. The van der Waals surface area contributed by atoms with E-state index in [1.807, 2.05) is 6.92 Å². The highest BCUT2D eigenvalue weighted by molar-refractivity contribution is 7.91. The molecular formula is C18H31ClN4O3S. The number of halogens is 1. The lowest BCUT2D eigenvalue weighted by molar-refractivity contribution is -0.0303. The number of aromatic nitrogens is 2. The van der Waals surface area contributed by atoms with Crippen LogP contribution in [0.25, 0.3) is 0 Å². The van der Waals surface area contributed by atoms with Crippen LogP contribution in [-0.4, -0.2) is 73.5 Å². The molecule has 2 atom stereocenters. The molecule has 1 aromatic heterocycles. The van der Waals surface area contributed by atoms with Gasteiger partial charge in [-0.05, 0) is 19.3 Å². The highest BCUT2D eigenvalue weighted by Crippen LogP contribution is 2.29. The van der Waals surface area contributed by atoms with Crippen molar-refractivity contribution in [1.82, 2.24) is 20.0 Å². The van der Waals surface area contributed by atoms with E-state index in [1.54, 1.807) is 4.68 Å². The van der Waals surface area contributed by atoms with Gasteiger partial charge in [-0.15, -0.1) is 0 Å². The van der Waals surface area contributed by atoms with Crippen molar-refractivity contribution < 1.29 is 13.2 Å². The maximum Gasteiger partial charge on any atom is 0.152 e. The minimum absolute atomic E-state index is 0.127. The van der Waals surface area contributed by atoms with Gasteiger partial charge in [0.1, 0.15) is 5.15 Å². The van der Waals surface area contributed by atoms with Gasteiger partial charge in [0.25, 0.3) is 0 Å². The second-order valence-electron chi connectivity index (χ2n) is 8.13. The topological polar surface area (TPSA) is 76.5 Å². The van der Waals surface area contributed by atoms with Gasteiger partial charge in [-0.1, -0.05) is 25.4 Å². The lowest BCUT2D eigenvalue weighted by Gasteiger charge is -2.34. The average molecular weight is 419 g/mol. The van der Waals surface area contributed by atoms with Crippen molar-refractivity contribution in [3.8, 4) is 0 Å². The number of nitrogens with zero attached hydrogens (tertiary/aromatic N) is 3. The molecule has 0 spiro atoms. The molecule has 7 nitrogen and oxygen atoms in total. The highest BCUT2D eigenvalue weighted by Gasteiger charge is 2.32. The van der Waals surface area contributed by atoms with Crippen LogP contribution in [0, 0.1) is 12.8 Å². The predicted molar refractivity (Wildman–Crippen MR) is 107 cm³/mol. The Bertz CT molecular complexity index is 750. The lowest BCUT2D eigenvalue weighted by Crippen LogP contribution is -2.47. The summed E-state index contributed by atoms with van der Waals surface area (Å²) < 4.78 is 31.1. The summed E-state index contributed by atoms with van der Waals surface area (Å²) in [7, 11) is -2.97. The summed E-state index contributed by atoms with van der Waals surface area (Å²) in [5.41, 5.74) is 1.79. The second kappa shape index (κ2) is 8.78. The van der Waals surface area contributed by atoms with Crippen LogP contribution in [0.3, 0.4) is 0 Å². The molecule has 154 valence electrons. The van der Waals surface area contributed by atoms with Gasteiger partial charge in [0, 0.05) is 38.3 Å². The lowest BCUT2D eigenvalue weighted by atomic mass is 10.1. The molecule has 0 saturated carbocycles. The molecule has 0 aliphatic carbocycles. The standard InChI is InChI=1S/C18H31ClN4O3S/c1-13(2)10-22-5-6-26-16(11-22)8-20-9-17-14(3)21-23(18(17)19)15-4-7-27(24,25)12-15/h13,15-16,20H,4-12H2,1-3H3/t15-,16-/m1/s1. The van der Waals surface area contributed by atoms with Crippen LogP contribution < -0.4 is 5.32 Å².